The van der Waals surface area contributed by atoms with E-state index in [1.165, 1.54) is 18.2 Å². The number of hydrogen-bond donors (Lipinski definition) is 0. The molecule has 7 nitrogen and oxygen atoms in total. The molecule has 1 unspecified atom stereocenters. The Morgan fingerprint density at radius 2 is 1.25 bits per heavy atom. The molecule has 2 heterocycles. The van der Waals surface area contributed by atoms with Crippen molar-refractivity contribution in [2.24, 2.45) is 0 Å². The van der Waals surface area contributed by atoms with Crippen molar-refractivity contribution < 1.29 is 27.2 Å². The molecule has 0 saturated carbocycles. The summed E-state index contributed by atoms with van der Waals surface area (Å²) in [5, 5.41) is 1.19. The third-order valence-corrected chi connectivity index (χ3v) is 9.13. The summed E-state index contributed by atoms with van der Waals surface area (Å²) in [6.45, 7) is 0. The van der Waals surface area contributed by atoms with Crippen LogP contribution >= 0.6 is 7.67 Å². The minimum absolute atomic E-state index is 0.228. The van der Waals surface area contributed by atoms with E-state index in [-0.39, 0.29) is 20.1 Å². The fraction of sp³-hybridized carbons (Fsp3) is 0.375. The van der Waals surface area contributed by atoms with Crippen molar-refractivity contribution in [1.82, 2.24) is 9.34 Å². The van der Waals surface area contributed by atoms with Gasteiger partial charge in [-0.05, 0) is 44.4 Å². The highest BCUT2D eigenvalue weighted by Crippen LogP contribution is 2.78. The number of nitro benzene ring substituents is 1. The number of nitro groups is 1. The summed E-state index contributed by atoms with van der Waals surface area (Å²) in [7, 11) is 46.3. The number of non-ortho nitro benzene ring substituents is 1. The van der Waals surface area contributed by atoms with Crippen molar-refractivity contribution in [2.75, 3.05) is 0 Å². The van der Waals surface area contributed by atoms with E-state index in [4.69, 9.17) is 75.1 Å². The van der Waals surface area contributed by atoms with Crippen LogP contribution in [0.1, 0.15) is 5.56 Å². The number of halogens is 3. The van der Waals surface area contributed by atoms with Crippen LogP contribution in [0.4, 0.5) is 18.9 Å². The number of rotatable bonds is 6. The zero-order chi connectivity index (χ0) is 27.5. The zero-order valence-electron chi connectivity index (χ0n) is 18.2. The molecule has 0 aromatic heterocycles. The van der Waals surface area contributed by atoms with E-state index in [2.05, 4.69) is 0 Å². The summed E-state index contributed by atoms with van der Waals surface area (Å²) < 4.78 is 63.9. The minimum Gasteiger partial charge on any atom is -0.295 e. The van der Waals surface area contributed by atoms with Gasteiger partial charge >= 0.3 is 13.8 Å². The van der Waals surface area contributed by atoms with Gasteiger partial charge in [0.1, 0.15) is 7.85 Å². The van der Waals surface area contributed by atoms with E-state index in [1.54, 1.807) is 0 Å². The normalized spacial score (nSPS) is 24.1. The van der Waals surface area contributed by atoms with Gasteiger partial charge in [-0.2, -0.15) is 13.2 Å². The van der Waals surface area contributed by atoms with Gasteiger partial charge in [0.05, 0.1) is 73.1 Å². The van der Waals surface area contributed by atoms with Crippen LogP contribution in [0.3, 0.4) is 0 Å². The van der Waals surface area contributed by atoms with Crippen molar-refractivity contribution in [3.8, 4) is 0 Å². The maximum absolute atomic E-state index is 14.7. The molecule has 0 amide bonds. The molecule has 1 atom stereocenters. The smallest absolute Gasteiger partial charge is 0.295 e. The van der Waals surface area contributed by atoms with Crippen molar-refractivity contribution in [2.45, 2.75) is 33.0 Å². The second kappa shape index (κ2) is 7.58. The third-order valence-electron chi connectivity index (χ3n) is 6.27. The Kier molecular flexibility index (Phi) is 5.81. The largest absolute Gasteiger partial charge is 0.413 e. The molecule has 2 aromatic rings. The maximum atomic E-state index is 14.7. The average molecular weight is 490 g/mol. The Morgan fingerprint density at radius 1 is 0.833 bits per heavy atom. The molecule has 162 valence electrons. The van der Waals surface area contributed by atoms with Gasteiger partial charge in [-0.15, -0.1) is 0 Å². The highest BCUT2D eigenvalue weighted by Gasteiger charge is 2.78. The van der Waals surface area contributed by atoms with Crippen molar-refractivity contribution >= 4 is 94.7 Å². The first-order chi connectivity index (χ1) is 16.1. The summed E-state index contributed by atoms with van der Waals surface area (Å²) >= 11 is 0. The van der Waals surface area contributed by atoms with Gasteiger partial charge in [-0.1, -0.05) is 18.2 Å². The molecule has 36 heavy (non-hydrogen) atoms. The van der Waals surface area contributed by atoms with Gasteiger partial charge in [0.15, 0.2) is 5.50 Å². The van der Waals surface area contributed by atoms with Gasteiger partial charge in [0.2, 0.25) is 0 Å². The van der Waals surface area contributed by atoms with E-state index in [9.17, 15) is 27.9 Å². The first-order valence-corrected chi connectivity index (χ1v) is 11.4. The van der Waals surface area contributed by atoms with E-state index in [0.717, 1.165) is 12.1 Å². The monoisotopic (exact) mass is 491 g/mol. The number of benzene rings is 2. The summed E-state index contributed by atoms with van der Waals surface area (Å²) in [6.07, 6.45) is -5.54. The Labute approximate surface area is 216 Å². The fourth-order valence-electron chi connectivity index (χ4n) is 4.05. The molecule has 0 bridgehead atoms. The fourth-order valence-corrected chi connectivity index (χ4v) is 7.19. The summed E-state index contributed by atoms with van der Waals surface area (Å²) in [4.78, 5) is 10.6. The topological polar surface area (TPSA) is 75.5 Å². The lowest BCUT2D eigenvalue weighted by atomic mass is 9.49. The molecule has 20 heteroatoms. The lowest BCUT2D eigenvalue weighted by Gasteiger charge is -2.40. The van der Waals surface area contributed by atoms with Crippen LogP contribution in [-0.2, 0) is 14.6 Å². The van der Waals surface area contributed by atoms with Crippen LogP contribution in [0.25, 0.3) is 10.8 Å². The van der Waals surface area contributed by atoms with Crippen LogP contribution in [0.2, 0.25) is 0 Å². The van der Waals surface area contributed by atoms with Gasteiger partial charge < -0.3 is 0 Å². The zero-order valence-corrected chi connectivity index (χ0v) is 19.1. The van der Waals surface area contributed by atoms with Crippen LogP contribution in [0.5, 0.6) is 0 Å². The molecule has 4 rings (SSSR count). The Hall–Kier alpha value is -1.42. The minimum atomic E-state index is -5.54. The van der Waals surface area contributed by atoms with E-state index >= 15 is 0 Å². The van der Waals surface area contributed by atoms with E-state index < -0.39 is 56.9 Å². The molecule has 2 aromatic carbocycles. The molecule has 0 aliphatic carbocycles. The van der Waals surface area contributed by atoms with Gasteiger partial charge in [-0.25, -0.2) is 9.34 Å². The van der Waals surface area contributed by atoms with Gasteiger partial charge in [-0.3, -0.25) is 19.2 Å². The summed E-state index contributed by atoms with van der Waals surface area (Å²) in [5.74, 6) is 0. The summed E-state index contributed by atoms with van der Waals surface area (Å²) in [5.41, 5.74) is -5.38. The maximum Gasteiger partial charge on any atom is 0.413 e. The Bertz CT molecular complexity index is 1280. The molecule has 2 aliphatic heterocycles. The standard InChI is InChI=1S/C16H6B9F3N3O4P/c17-11(16(26,27)28,9-5-6-10(29(32)33)8-4-2-1-3-7(8)9)35-36(34,30-12(18,19)13(30,20)21)31-14(22,23)15(31,24)25/h1-6H. The number of fused-ring (bicyclic) bond motifs is 1. The highest BCUT2D eigenvalue weighted by molar-refractivity contribution is 7.56. The molecular weight excluding hydrogens is 483 g/mol. The number of hydrogen-bond acceptors (Lipinski definition) is 4. The molecule has 18 radical (unpaired) electrons. The first-order valence-electron chi connectivity index (χ1n) is 9.86. The van der Waals surface area contributed by atoms with Crippen LogP contribution in [0.15, 0.2) is 36.4 Å². The molecular formula is C16H6B9F3N3O4P. The summed E-state index contributed by atoms with van der Waals surface area (Å²) in [6, 6.07) is 6.42. The van der Waals surface area contributed by atoms with Crippen molar-refractivity contribution in [1.29, 1.82) is 0 Å². The molecule has 0 N–H and O–H groups in total. The Morgan fingerprint density at radius 3 is 1.61 bits per heavy atom. The van der Waals surface area contributed by atoms with Crippen LogP contribution < -0.4 is 0 Å². The predicted molar refractivity (Wildman–Crippen MR) is 133 cm³/mol. The van der Waals surface area contributed by atoms with Crippen molar-refractivity contribution in [3.63, 3.8) is 0 Å². The van der Waals surface area contributed by atoms with Crippen molar-refractivity contribution in [3.05, 3.63) is 52.1 Å². The third kappa shape index (κ3) is 3.41. The number of alkyl halides is 3. The molecule has 2 fully saturated rings. The lowest BCUT2D eigenvalue weighted by molar-refractivity contribution is -0.383. The van der Waals surface area contributed by atoms with Crippen LogP contribution in [-0.4, -0.2) is 112 Å². The van der Waals surface area contributed by atoms with Gasteiger partial charge in [0, 0.05) is 6.07 Å². The van der Waals surface area contributed by atoms with Crippen LogP contribution in [0, 0.1) is 10.1 Å². The SMILES string of the molecule is [B]C(OP(=O)(N1C([B])([B])C1([B])[B])N1C([B])([B])C1([B])[B])(c1ccc([N+](=O)[O-])c2ccccc12)C(F)(F)F. The number of nitrogens with zero attached hydrogens (tertiary/aromatic N) is 3. The highest BCUT2D eigenvalue weighted by atomic mass is 31.2. The predicted octanol–water partition coefficient (Wildman–Crippen LogP) is -0.649. The first kappa shape index (κ1) is 27.6. The van der Waals surface area contributed by atoms with Gasteiger partial charge in [0.25, 0.3) is 5.69 Å². The Balaban J connectivity index is 1.98. The second-order valence-electron chi connectivity index (χ2n) is 8.68. The molecule has 0 spiro atoms. The van der Waals surface area contributed by atoms with E-state index in [0.29, 0.717) is 6.07 Å². The van der Waals surface area contributed by atoms with E-state index in [1.807, 2.05) is 0 Å². The molecule has 2 saturated heterocycles. The quantitative estimate of drug-likeness (QED) is 0.177. The molecule has 2 aliphatic rings. The lowest BCUT2D eigenvalue weighted by Crippen LogP contribution is -2.46. The second-order valence-corrected chi connectivity index (χ2v) is 10.6. The average Bonchev–Trinajstić information content (AvgIpc) is 3.34.